The van der Waals surface area contributed by atoms with Crippen LogP contribution in [0.1, 0.15) is 16.7 Å². The highest BCUT2D eigenvalue weighted by atomic mass is 19.4. The molecule has 0 bridgehead atoms. The summed E-state index contributed by atoms with van der Waals surface area (Å²) in [5.41, 5.74) is -1.28. The van der Waals surface area contributed by atoms with Gasteiger partial charge in [0.15, 0.2) is 0 Å². The lowest BCUT2D eigenvalue weighted by atomic mass is 10.1. The normalized spacial score (nSPS) is 15.3. The summed E-state index contributed by atoms with van der Waals surface area (Å²) in [6, 6.07) is 6.07. The molecule has 1 aliphatic heterocycles. The molecule has 1 aliphatic rings. The maximum absolute atomic E-state index is 12.8. The van der Waals surface area contributed by atoms with Gasteiger partial charge in [0, 0.05) is 38.9 Å². The second-order valence-electron chi connectivity index (χ2n) is 6.73. The molecule has 0 radical (unpaired) electrons. The molecule has 0 aliphatic carbocycles. The van der Waals surface area contributed by atoms with Crippen LogP contribution >= 0.6 is 0 Å². The number of rotatable bonds is 3. The molecule has 1 N–H and O–H groups in total. The van der Waals surface area contributed by atoms with Crippen molar-refractivity contribution in [1.29, 1.82) is 0 Å². The van der Waals surface area contributed by atoms with Gasteiger partial charge < -0.3 is 15.1 Å². The van der Waals surface area contributed by atoms with Gasteiger partial charge in [0.1, 0.15) is 5.82 Å². The van der Waals surface area contributed by atoms with Crippen molar-refractivity contribution in [3.63, 3.8) is 0 Å². The van der Waals surface area contributed by atoms with E-state index in [2.05, 4.69) is 10.3 Å². The first-order valence-corrected chi connectivity index (χ1v) is 9.01. The number of pyridine rings is 1. The van der Waals surface area contributed by atoms with Gasteiger partial charge in [0.25, 0.3) is 0 Å². The van der Waals surface area contributed by atoms with Gasteiger partial charge in [-0.3, -0.25) is 0 Å². The summed E-state index contributed by atoms with van der Waals surface area (Å²) in [5.74, 6) is 0.175. The van der Waals surface area contributed by atoms with E-state index < -0.39 is 29.5 Å². The summed E-state index contributed by atoms with van der Waals surface area (Å²) in [6.45, 7) is 0.980. The molecular formula is C19H18F6N4O. The minimum Gasteiger partial charge on any atom is -0.353 e. The summed E-state index contributed by atoms with van der Waals surface area (Å²) >= 11 is 0. The lowest BCUT2D eigenvalue weighted by Gasteiger charge is -2.35. The first kappa shape index (κ1) is 21.7. The van der Waals surface area contributed by atoms with Crippen LogP contribution in [0.2, 0.25) is 0 Å². The zero-order valence-corrected chi connectivity index (χ0v) is 15.6. The minimum atomic E-state index is -4.47. The second-order valence-corrected chi connectivity index (χ2v) is 6.73. The number of halogens is 6. The van der Waals surface area contributed by atoms with Crippen LogP contribution in [0.15, 0.2) is 42.6 Å². The fourth-order valence-corrected chi connectivity index (χ4v) is 3.05. The van der Waals surface area contributed by atoms with E-state index >= 15 is 0 Å². The Morgan fingerprint density at radius 3 is 2.20 bits per heavy atom. The van der Waals surface area contributed by atoms with Gasteiger partial charge in [-0.15, -0.1) is 0 Å². The van der Waals surface area contributed by atoms with E-state index in [1.54, 1.807) is 4.90 Å². The number of hydrogen-bond donors (Lipinski definition) is 1. The fraction of sp³-hybridized carbons (Fsp3) is 0.368. The van der Waals surface area contributed by atoms with Crippen molar-refractivity contribution >= 4 is 11.8 Å². The van der Waals surface area contributed by atoms with Crippen molar-refractivity contribution in [2.75, 3.05) is 31.1 Å². The number of piperazine rings is 1. The zero-order chi connectivity index (χ0) is 21.9. The lowest BCUT2D eigenvalue weighted by Crippen LogP contribution is -2.52. The molecule has 1 saturated heterocycles. The van der Waals surface area contributed by atoms with Gasteiger partial charge in [-0.05, 0) is 29.8 Å². The average Bonchev–Trinajstić information content (AvgIpc) is 2.71. The molecule has 1 fully saturated rings. The van der Waals surface area contributed by atoms with Gasteiger partial charge in [-0.2, -0.15) is 26.3 Å². The predicted octanol–water partition coefficient (Wildman–Crippen LogP) is 4.15. The number of urea groups is 1. The molecule has 2 heterocycles. The monoisotopic (exact) mass is 432 g/mol. The van der Waals surface area contributed by atoms with Crippen molar-refractivity contribution in [3.05, 3.63) is 59.3 Å². The number of aromatic nitrogens is 1. The summed E-state index contributed by atoms with van der Waals surface area (Å²) < 4.78 is 76.8. The highest BCUT2D eigenvalue weighted by Gasteiger charge is 2.32. The third-order valence-electron chi connectivity index (χ3n) is 4.66. The smallest absolute Gasteiger partial charge is 0.353 e. The number of benzene rings is 1. The maximum atomic E-state index is 12.8. The van der Waals surface area contributed by atoms with Crippen LogP contribution < -0.4 is 10.2 Å². The molecule has 1 aromatic heterocycles. The summed E-state index contributed by atoms with van der Waals surface area (Å²) in [7, 11) is 0. The molecule has 0 atom stereocenters. The van der Waals surface area contributed by atoms with Gasteiger partial charge in [0.2, 0.25) is 0 Å². The van der Waals surface area contributed by atoms with E-state index in [0.29, 0.717) is 5.56 Å². The number of hydrogen-bond acceptors (Lipinski definition) is 3. The van der Waals surface area contributed by atoms with Crippen molar-refractivity contribution in [3.8, 4) is 0 Å². The SMILES string of the molecule is O=C(NCc1cccc(C(F)(F)F)c1)N1CCN(c2cc(C(F)(F)F)ccn2)CC1. The average molecular weight is 432 g/mol. The van der Waals surface area contributed by atoms with E-state index in [1.165, 1.54) is 17.0 Å². The third-order valence-corrected chi connectivity index (χ3v) is 4.66. The van der Waals surface area contributed by atoms with Crippen LogP contribution in [0.3, 0.4) is 0 Å². The van der Waals surface area contributed by atoms with Crippen LogP contribution in [-0.4, -0.2) is 42.1 Å². The molecule has 2 amide bonds. The number of carbonyl (C=O) groups is 1. The Labute approximate surface area is 168 Å². The maximum Gasteiger partial charge on any atom is 0.416 e. The third kappa shape index (κ3) is 5.33. The molecule has 30 heavy (non-hydrogen) atoms. The number of anilines is 1. The molecule has 5 nitrogen and oxygen atoms in total. The molecular weight excluding hydrogens is 414 g/mol. The second kappa shape index (κ2) is 8.41. The summed E-state index contributed by atoms with van der Waals surface area (Å²) in [6.07, 6.45) is -7.84. The number of alkyl halides is 6. The zero-order valence-electron chi connectivity index (χ0n) is 15.6. The Morgan fingerprint density at radius 2 is 1.57 bits per heavy atom. The van der Waals surface area contributed by atoms with Crippen molar-refractivity contribution in [2.45, 2.75) is 18.9 Å². The molecule has 0 spiro atoms. The van der Waals surface area contributed by atoms with E-state index in [-0.39, 0.29) is 38.5 Å². The van der Waals surface area contributed by atoms with E-state index in [0.717, 1.165) is 30.5 Å². The molecule has 2 aromatic rings. The fourth-order valence-electron chi connectivity index (χ4n) is 3.05. The van der Waals surface area contributed by atoms with E-state index in [9.17, 15) is 31.1 Å². The van der Waals surface area contributed by atoms with Gasteiger partial charge >= 0.3 is 18.4 Å². The van der Waals surface area contributed by atoms with Gasteiger partial charge in [-0.25, -0.2) is 9.78 Å². The number of nitrogens with zero attached hydrogens (tertiary/aromatic N) is 3. The quantitative estimate of drug-likeness (QED) is 0.742. The molecule has 3 rings (SSSR count). The Hall–Kier alpha value is -2.98. The highest BCUT2D eigenvalue weighted by Crippen LogP contribution is 2.31. The van der Waals surface area contributed by atoms with Crippen molar-refractivity contribution in [1.82, 2.24) is 15.2 Å². The molecule has 0 unspecified atom stereocenters. The van der Waals surface area contributed by atoms with Gasteiger partial charge in [0.05, 0.1) is 11.1 Å². The Morgan fingerprint density at radius 1 is 0.933 bits per heavy atom. The Balaban J connectivity index is 1.54. The summed E-state index contributed by atoms with van der Waals surface area (Å²) in [4.78, 5) is 19.4. The Bertz CT molecular complexity index is 891. The number of nitrogens with one attached hydrogen (secondary N) is 1. The molecule has 162 valence electrons. The molecule has 11 heteroatoms. The van der Waals surface area contributed by atoms with Crippen LogP contribution in [0.5, 0.6) is 0 Å². The van der Waals surface area contributed by atoms with E-state index in [1.807, 2.05) is 0 Å². The van der Waals surface area contributed by atoms with Gasteiger partial charge in [-0.1, -0.05) is 12.1 Å². The minimum absolute atomic E-state index is 0.0713. The van der Waals surface area contributed by atoms with Crippen LogP contribution in [0.4, 0.5) is 37.0 Å². The molecule has 0 saturated carbocycles. The molecule has 1 aromatic carbocycles. The summed E-state index contributed by atoms with van der Waals surface area (Å²) in [5, 5.41) is 2.57. The van der Waals surface area contributed by atoms with Crippen molar-refractivity contribution in [2.24, 2.45) is 0 Å². The topological polar surface area (TPSA) is 48.5 Å². The number of carbonyl (C=O) groups excluding carboxylic acids is 1. The first-order chi connectivity index (χ1) is 14.0. The Kier molecular flexibility index (Phi) is 6.09. The predicted molar refractivity (Wildman–Crippen MR) is 96.7 cm³/mol. The van der Waals surface area contributed by atoms with Crippen molar-refractivity contribution < 1.29 is 31.1 Å². The van der Waals surface area contributed by atoms with Crippen LogP contribution in [0, 0.1) is 0 Å². The first-order valence-electron chi connectivity index (χ1n) is 9.01. The largest absolute Gasteiger partial charge is 0.416 e. The highest BCUT2D eigenvalue weighted by molar-refractivity contribution is 5.74. The lowest BCUT2D eigenvalue weighted by molar-refractivity contribution is -0.138. The van der Waals surface area contributed by atoms with E-state index in [4.69, 9.17) is 0 Å². The van der Waals surface area contributed by atoms with Crippen LogP contribution in [0.25, 0.3) is 0 Å². The van der Waals surface area contributed by atoms with Crippen LogP contribution in [-0.2, 0) is 18.9 Å². The standard InChI is InChI=1S/C19H18F6N4O/c20-18(21,22)14-3-1-2-13(10-14)12-27-17(30)29-8-6-28(7-9-29)16-11-15(4-5-26-16)19(23,24)25/h1-5,10-11H,6-9,12H2,(H,27,30). The number of amides is 2.